The lowest BCUT2D eigenvalue weighted by Crippen LogP contribution is -2.43. The quantitative estimate of drug-likeness (QED) is 0.154. The first-order valence-electron chi connectivity index (χ1n) is 17.8. The number of benzene rings is 3. The van der Waals surface area contributed by atoms with Gasteiger partial charge in [0.15, 0.2) is 0 Å². The Morgan fingerprint density at radius 3 is 2.37 bits per heavy atom. The molecule has 0 radical (unpaired) electrons. The fraction of sp³-hybridized carbons (Fsp3) is 0.341. The van der Waals surface area contributed by atoms with E-state index in [0.717, 1.165) is 77.5 Å². The van der Waals surface area contributed by atoms with E-state index in [1.54, 1.807) is 4.90 Å². The van der Waals surface area contributed by atoms with Gasteiger partial charge in [0.1, 0.15) is 17.1 Å². The van der Waals surface area contributed by atoms with Crippen molar-refractivity contribution < 1.29 is 14.3 Å². The average Bonchev–Trinajstić information content (AvgIpc) is 3.74. The molecule has 0 fully saturated rings. The Kier molecular flexibility index (Phi) is 8.42. The third kappa shape index (κ3) is 5.23. The standard InChI is InChI=1S/C41H42Cl2N6O3/c1-22-18-28(19-23(2)36(22)43)52-17-9-11-29-30-13-14-31(42)35(34-25(4)44-46(7)26(34)5)38(30)49-24(3)21-48(41(51)39(29)49)32-12-8-10-27-20-33-40(50)45(6)15-16-47(33)37(27)32/h8,10,12-14,18-20,24H,9,11,15-17,21H2,1-7H3/t24-/m1/s1. The van der Waals surface area contributed by atoms with E-state index in [1.165, 1.54) is 0 Å². The summed E-state index contributed by atoms with van der Waals surface area (Å²) in [6.45, 7) is 12.4. The van der Waals surface area contributed by atoms with Crippen LogP contribution in [0.2, 0.25) is 10.0 Å². The summed E-state index contributed by atoms with van der Waals surface area (Å²) < 4.78 is 12.4. The summed E-state index contributed by atoms with van der Waals surface area (Å²) in [6, 6.07) is 15.8. The maximum Gasteiger partial charge on any atom is 0.275 e. The number of ether oxygens (including phenoxy) is 1. The zero-order valence-electron chi connectivity index (χ0n) is 30.6. The highest BCUT2D eigenvalue weighted by molar-refractivity contribution is 6.35. The van der Waals surface area contributed by atoms with Gasteiger partial charge < -0.3 is 23.7 Å². The van der Waals surface area contributed by atoms with Crippen molar-refractivity contribution in [3.63, 3.8) is 0 Å². The molecule has 9 nitrogen and oxygen atoms in total. The number of para-hydroxylation sites is 1. The van der Waals surface area contributed by atoms with Crippen molar-refractivity contribution in [1.29, 1.82) is 0 Å². The normalized spacial score (nSPS) is 16.0. The van der Waals surface area contributed by atoms with Gasteiger partial charge in [-0.25, -0.2) is 0 Å². The molecule has 0 saturated heterocycles. The number of aromatic nitrogens is 4. The van der Waals surface area contributed by atoms with Crippen LogP contribution in [0.5, 0.6) is 5.75 Å². The first kappa shape index (κ1) is 34.4. The van der Waals surface area contributed by atoms with Gasteiger partial charge >= 0.3 is 0 Å². The van der Waals surface area contributed by atoms with Gasteiger partial charge in [0, 0.05) is 72.4 Å². The number of anilines is 1. The number of likely N-dealkylation sites (N-methyl/N-ethyl adjacent to an activating group) is 1. The smallest absolute Gasteiger partial charge is 0.275 e. The summed E-state index contributed by atoms with van der Waals surface area (Å²) in [5.41, 5.74) is 10.7. The molecule has 0 spiro atoms. The predicted octanol–water partition coefficient (Wildman–Crippen LogP) is 8.86. The van der Waals surface area contributed by atoms with Gasteiger partial charge in [-0.2, -0.15) is 5.10 Å². The SMILES string of the molecule is Cc1cc(OCCCc2c3n(c4c(-c5c(C)nn(C)c5C)c(Cl)ccc24)[C@H](C)CN(c2cccc4cc5n(c24)CCN(C)C5=O)C3=O)cc(C)c1Cl. The van der Waals surface area contributed by atoms with Crippen molar-refractivity contribution in [2.75, 3.05) is 31.6 Å². The molecule has 268 valence electrons. The van der Waals surface area contributed by atoms with Crippen LogP contribution in [0.1, 0.15) is 68.4 Å². The fourth-order valence-electron chi connectivity index (χ4n) is 8.42. The molecule has 3 aromatic carbocycles. The Morgan fingerprint density at radius 1 is 0.904 bits per heavy atom. The molecular weight excluding hydrogens is 695 g/mol. The largest absolute Gasteiger partial charge is 0.494 e. The van der Waals surface area contributed by atoms with Crippen molar-refractivity contribution >= 4 is 62.5 Å². The van der Waals surface area contributed by atoms with Crippen molar-refractivity contribution in [1.82, 2.24) is 23.8 Å². The van der Waals surface area contributed by atoms with Gasteiger partial charge in [0.25, 0.3) is 11.8 Å². The van der Waals surface area contributed by atoms with E-state index in [1.807, 2.05) is 86.9 Å². The molecule has 52 heavy (non-hydrogen) atoms. The van der Waals surface area contributed by atoms with Gasteiger partial charge in [0.2, 0.25) is 0 Å². The van der Waals surface area contributed by atoms with Gasteiger partial charge in [0.05, 0.1) is 34.0 Å². The van der Waals surface area contributed by atoms with Crippen molar-refractivity contribution in [3.05, 3.63) is 98.0 Å². The summed E-state index contributed by atoms with van der Waals surface area (Å²) >= 11 is 13.5. The van der Waals surface area contributed by atoms with Gasteiger partial charge in [-0.1, -0.05) is 41.4 Å². The van der Waals surface area contributed by atoms with Crippen molar-refractivity contribution in [2.24, 2.45) is 7.05 Å². The van der Waals surface area contributed by atoms with Crippen LogP contribution in [0.15, 0.2) is 48.5 Å². The number of rotatable bonds is 7. The molecule has 6 aromatic rings. The minimum atomic E-state index is -0.0893. The van der Waals surface area contributed by atoms with Gasteiger partial charge in [-0.15, -0.1) is 0 Å². The molecule has 8 rings (SSSR count). The Bertz CT molecular complexity index is 2450. The first-order chi connectivity index (χ1) is 24.9. The van der Waals surface area contributed by atoms with Crippen LogP contribution < -0.4 is 9.64 Å². The van der Waals surface area contributed by atoms with E-state index in [4.69, 9.17) is 33.0 Å². The molecule has 0 unspecified atom stereocenters. The number of amides is 2. The number of halogens is 2. The number of carbonyl (C=O) groups excluding carboxylic acids is 2. The second-order valence-electron chi connectivity index (χ2n) is 14.4. The lowest BCUT2D eigenvalue weighted by atomic mass is 9.98. The highest BCUT2D eigenvalue weighted by Gasteiger charge is 2.38. The third-order valence-corrected chi connectivity index (χ3v) is 11.9. The van der Waals surface area contributed by atoms with E-state index < -0.39 is 0 Å². The van der Waals surface area contributed by atoms with E-state index in [-0.39, 0.29) is 17.9 Å². The van der Waals surface area contributed by atoms with Crippen LogP contribution in [-0.4, -0.2) is 62.4 Å². The third-order valence-electron chi connectivity index (χ3n) is 11.0. The Hall–Kier alpha value is -4.73. The molecular formula is C41H42Cl2N6O3. The summed E-state index contributed by atoms with van der Waals surface area (Å²) in [6.07, 6.45) is 1.31. The number of hydrogen-bond donors (Lipinski definition) is 0. The topological polar surface area (TPSA) is 77.5 Å². The molecule has 0 aliphatic carbocycles. The second-order valence-corrected chi connectivity index (χ2v) is 15.2. The van der Waals surface area contributed by atoms with Crippen LogP contribution >= 0.6 is 23.2 Å². The monoisotopic (exact) mass is 736 g/mol. The number of hydrogen-bond acceptors (Lipinski definition) is 4. The molecule has 2 aliphatic rings. The zero-order chi connectivity index (χ0) is 36.7. The van der Waals surface area contributed by atoms with E-state index in [2.05, 4.69) is 29.0 Å². The maximum absolute atomic E-state index is 15.2. The molecule has 0 N–H and O–H groups in total. The van der Waals surface area contributed by atoms with Crippen LogP contribution in [-0.2, 0) is 20.0 Å². The number of nitrogens with zero attached hydrogens (tertiary/aromatic N) is 6. The minimum absolute atomic E-state index is 0.00862. The first-order valence-corrected chi connectivity index (χ1v) is 18.6. The molecule has 11 heteroatoms. The highest BCUT2D eigenvalue weighted by atomic mass is 35.5. The van der Waals surface area contributed by atoms with E-state index >= 15 is 4.79 Å². The molecule has 0 bridgehead atoms. The van der Waals surface area contributed by atoms with Crippen LogP contribution in [0, 0.1) is 27.7 Å². The molecule has 0 saturated carbocycles. The Balaban J connectivity index is 1.27. The molecule has 2 aliphatic heterocycles. The fourth-order valence-corrected chi connectivity index (χ4v) is 8.77. The van der Waals surface area contributed by atoms with Crippen molar-refractivity contribution in [2.45, 2.75) is 60.0 Å². The zero-order valence-corrected chi connectivity index (χ0v) is 32.1. The molecule has 2 amide bonds. The van der Waals surface area contributed by atoms with Crippen LogP contribution in [0.3, 0.4) is 0 Å². The lowest BCUT2D eigenvalue weighted by Gasteiger charge is -2.35. The Morgan fingerprint density at radius 2 is 1.65 bits per heavy atom. The van der Waals surface area contributed by atoms with Gasteiger partial charge in [-0.05, 0) is 94.5 Å². The minimum Gasteiger partial charge on any atom is -0.494 e. The van der Waals surface area contributed by atoms with Gasteiger partial charge in [-0.3, -0.25) is 14.3 Å². The van der Waals surface area contributed by atoms with E-state index in [9.17, 15) is 4.79 Å². The molecule has 1 atom stereocenters. The summed E-state index contributed by atoms with van der Waals surface area (Å²) in [5.74, 6) is 0.702. The average molecular weight is 738 g/mol. The summed E-state index contributed by atoms with van der Waals surface area (Å²) in [7, 11) is 3.78. The van der Waals surface area contributed by atoms with Crippen LogP contribution in [0.25, 0.3) is 32.9 Å². The summed E-state index contributed by atoms with van der Waals surface area (Å²) in [5, 5.41) is 8.06. The predicted molar refractivity (Wildman–Crippen MR) is 209 cm³/mol. The van der Waals surface area contributed by atoms with Crippen LogP contribution in [0.4, 0.5) is 5.69 Å². The molecule has 5 heterocycles. The molecule has 3 aromatic heterocycles. The van der Waals surface area contributed by atoms with Crippen molar-refractivity contribution in [3.8, 4) is 16.9 Å². The highest BCUT2D eigenvalue weighted by Crippen LogP contribution is 2.46. The van der Waals surface area contributed by atoms with E-state index in [0.29, 0.717) is 55.5 Å². The Labute approximate surface area is 313 Å². The number of carbonyl (C=O) groups is 2. The second kappa shape index (κ2) is 12.7. The maximum atomic E-state index is 15.2. The number of aryl methyl sites for hydroxylation is 5. The summed E-state index contributed by atoms with van der Waals surface area (Å²) in [4.78, 5) is 32.0. The lowest BCUT2D eigenvalue weighted by molar-refractivity contribution is 0.0751. The number of fused-ring (bicyclic) bond motifs is 6.